The van der Waals surface area contributed by atoms with Crippen molar-refractivity contribution < 1.29 is 27.5 Å². The van der Waals surface area contributed by atoms with Crippen LogP contribution in [-0.2, 0) is 25.0 Å². The van der Waals surface area contributed by atoms with Gasteiger partial charge in [0.05, 0.1) is 12.7 Å². The number of hydrogen-bond acceptors (Lipinski definition) is 6. The van der Waals surface area contributed by atoms with Gasteiger partial charge in [-0.15, -0.1) is 0 Å². The van der Waals surface area contributed by atoms with Crippen LogP contribution in [-0.4, -0.2) is 40.1 Å². The Balaban J connectivity index is 2.06. The lowest BCUT2D eigenvalue weighted by Crippen LogP contribution is -2.30. The standard InChI is InChI=1S/C23H30N2O6S/c1-15(2)25-32(28,29)20-13-16(7-12-19(20)30-6)22(27)31-14-21(26)24-18-10-8-17(9-11-18)23(3,4)5/h7-13,15,25H,14H2,1-6H3,(H,24,26). The van der Waals surface area contributed by atoms with Crippen LogP contribution in [0.25, 0.3) is 0 Å². The molecule has 0 saturated carbocycles. The highest BCUT2D eigenvalue weighted by atomic mass is 32.2. The summed E-state index contributed by atoms with van der Waals surface area (Å²) >= 11 is 0. The lowest BCUT2D eigenvalue weighted by atomic mass is 9.87. The summed E-state index contributed by atoms with van der Waals surface area (Å²) in [6.45, 7) is 9.12. The highest BCUT2D eigenvalue weighted by Gasteiger charge is 2.23. The van der Waals surface area contributed by atoms with E-state index in [1.54, 1.807) is 26.0 Å². The first-order valence-electron chi connectivity index (χ1n) is 10.1. The predicted molar refractivity (Wildman–Crippen MR) is 123 cm³/mol. The number of benzene rings is 2. The first-order valence-corrected chi connectivity index (χ1v) is 11.6. The minimum atomic E-state index is -3.91. The van der Waals surface area contributed by atoms with E-state index in [9.17, 15) is 18.0 Å². The van der Waals surface area contributed by atoms with Crippen LogP contribution in [0.5, 0.6) is 5.75 Å². The fourth-order valence-electron chi connectivity index (χ4n) is 2.85. The van der Waals surface area contributed by atoms with Crippen molar-refractivity contribution in [2.75, 3.05) is 19.0 Å². The van der Waals surface area contributed by atoms with Crippen LogP contribution in [0, 0.1) is 0 Å². The highest BCUT2D eigenvalue weighted by Crippen LogP contribution is 2.26. The van der Waals surface area contributed by atoms with Crippen molar-refractivity contribution >= 4 is 27.6 Å². The molecule has 8 nitrogen and oxygen atoms in total. The topological polar surface area (TPSA) is 111 Å². The molecular formula is C23H30N2O6S. The van der Waals surface area contributed by atoms with Gasteiger partial charge in [0.15, 0.2) is 6.61 Å². The molecule has 0 aliphatic heterocycles. The summed E-state index contributed by atoms with van der Waals surface area (Å²) in [5.74, 6) is -1.25. The Morgan fingerprint density at radius 1 is 1.03 bits per heavy atom. The fourth-order valence-corrected chi connectivity index (χ4v) is 4.30. The zero-order valence-corrected chi connectivity index (χ0v) is 20.0. The minimum absolute atomic E-state index is 0.00649. The Morgan fingerprint density at radius 3 is 2.19 bits per heavy atom. The molecule has 0 spiro atoms. The van der Waals surface area contributed by atoms with Crippen molar-refractivity contribution in [3.8, 4) is 5.75 Å². The predicted octanol–water partition coefficient (Wildman–Crippen LogP) is 3.47. The summed E-state index contributed by atoms with van der Waals surface area (Å²) in [6, 6.07) is 11.0. The van der Waals surface area contributed by atoms with Gasteiger partial charge in [0.1, 0.15) is 10.6 Å². The van der Waals surface area contributed by atoms with Crippen molar-refractivity contribution in [1.29, 1.82) is 0 Å². The van der Waals surface area contributed by atoms with E-state index in [0.717, 1.165) is 11.6 Å². The third-order valence-electron chi connectivity index (χ3n) is 4.45. The first kappa shape index (κ1) is 25.4. The summed E-state index contributed by atoms with van der Waals surface area (Å²) < 4.78 is 37.7. The van der Waals surface area contributed by atoms with Crippen LogP contribution in [0.4, 0.5) is 5.69 Å². The van der Waals surface area contributed by atoms with E-state index in [4.69, 9.17) is 9.47 Å². The van der Waals surface area contributed by atoms with Crippen LogP contribution in [0.1, 0.15) is 50.5 Å². The second kappa shape index (κ2) is 10.1. The van der Waals surface area contributed by atoms with Gasteiger partial charge in [-0.3, -0.25) is 4.79 Å². The number of ether oxygens (including phenoxy) is 2. The molecule has 1 amide bonds. The Hall–Kier alpha value is -2.91. The maximum Gasteiger partial charge on any atom is 0.338 e. The molecule has 0 aliphatic rings. The molecule has 0 saturated heterocycles. The van der Waals surface area contributed by atoms with Crippen molar-refractivity contribution in [3.63, 3.8) is 0 Å². The molecule has 0 aromatic heterocycles. The average Bonchev–Trinajstić information content (AvgIpc) is 2.70. The van der Waals surface area contributed by atoms with Crippen molar-refractivity contribution in [2.45, 2.75) is 51.0 Å². The van der Waals surface area contributed by atoms with Crippen LogP contribution in [0.2, 0.25) is 0 Å². The van der Waals surface area contributed by atoms with E-state index in [1.165, 1.54) is 19.2 Å². The van der Waals surface area contributed by atoms with Crippen LogP contribution >= 0.6 is 0 Å². The number of rotatable bonds is 8. The number of amides is 1. The molecule has 2 aromatic rings. The van der Waals surface area contributed by atoms with Gasteiger partial charge in [-0.05, 0) is 55.2 Å². The lowest BCUT2D eigenvalue weighted by Gasteiger charge is -2.19. The third-order valence-corrected chi connectivity index (χ3v) is 6.13. The van der Waals surface area contributed by atoms with Crippen LogP contribution in [0.3, 0.4) is 0 Å². The number of carbonyl (C=O) groups is 2. The summed E-state index contributed by atoms with van der Waals surface area (Å²) in [4.78, 5) is 24.4. The van der Waals surface area contributed by atoms with Crippen LogP contribution < -0.4 is 14.8 Å². The zero-order chi connectivity index (χ0) is 24.1. The molecule has 0 radical (unpaired) electrons. The normalized spacial score (nSPS) is 11.8. The molecule has 0 heterocycles. The second-order valence-electron chi connectivity index (χ2n) is 8.59. The molecule has 0 atom stereocenters. The first-order chi connectivity index (χ1) is 14.8. The second-order valence-corrected chi connectivity index (χ2v) is 10.3. The Kier molecular flexibility index (Phi) is 8.03. The van der Waals surface area contributed by atoms with Gasteiger partial charge in [-0.2, -0.15) is 0 Å². The number of hydrogen-bond donors (Lipinski definition) is 2. The maximum atomic E-state index is 12.5. The molecule has 174 valence electrons. The average molecular weight is 463 g/mol. The number of nitrogens with one attached hydrogen (secondary N) is 2. The smallest absolute Gasteiger partial charge is 0.338 e. The molecule has 0 unspecified atom stereocenters. The summed E-state index contributed by atoms with van der Waals surface area (Å²) in [5.41, 5.74) is 1.68. The number of methoxy groups -OCH3 is 1. The number of sulfonamides is 1. The summed E-state index contributed by atoms with van der Waals surface area (Å²) in [5, 5.41) is 2.66. The van der Waals surface area contributed by atoms with E-state index in [2.05, 4.69) is 30.8 Å². The number of anilines is 1. The zero-order valence-electron chi connectivity index (χ0n) is 19.2. The maximum absolute atomic E-state index is 12.5. The summed E-state index contributed by atoms with van der Waals surface area (Å²) in [7, 11) is -2.57. The fraction of sp³-hybridized carbons (Fsp3) is 0.391. The molecule has 9 heteroatoms. The largest absolute Gasteiger partial charge is 0.495 e. The lowest BCUT2D eigenvalue weighted by molar-refractivity contribution is -0.119. The van der Waals surface area contributed by atoms with Gasteiger partial charge < -0.3 is 14.8 Å². The monoisotopic (exact) mass is 462 g/mol. The Bertz CT molecular complexity index is 1070. The van der Waals surface area contributed by atoms with Crippen molar-refractivity contribution in [1.82, 2.24) is 4.72 Å². The van der Waals surface area contributed by atoms with Gasteiger partial charge in [-0.25, -0.2) is 17.9 Å². The van der Waals surface area contributed by atoms with Crippen molar-refractivity contribution in [2.24, 2.45) is 0 Å². The molecule has 32 heavy (non-hydrogen) atoms. The third kappa shape index (κ3) is 6.80. The molecule has 0 fully saturated rings. The summed E-state index contributed by atoms with van der Waals surface area (Å²) in [6.07, 6.45) is 0. The Morgan fingerprint density at radius 2 is 1.66 bits per heavy atom. The van der Waals surface area contributed by atoms with E-state index >= 15 is 0 Å². The molecule has 0 bridgehead atoms. The van der Waals surface area contributed by atoms with Gasteiger partial charge in [0.25, 0.3) is 5.91 Å². The molecule has 2 aromatic carbocycles. The number of carbonyl (C=O) groups excluding carboxylic acids is 2. The van der Waals surface area contributed by atoms with E-state index in [-0.39, 0.29) is 27.7 Å². The van der Waals surface area contributed by atoms with Gasteiger partial charge in [-0.1, -0.05) is 32.9 Å². The SMILES string of the molecule is COc1ccc(C(=O)OCC(=O)Nc2ccc(C(C)(C)C)cc2)cc1S(=O)(=O)NC(C)C. The molecule has 0 aliphatic carbocycles. The quantitative estimate of drug-likeness (QED) is 0.581. The van der Waals surface area contributed by atoms with Gasteiger partial charge in [0.2, 0.25) is 10.0 Å². The molecule has 2 rings (SSSR count). The van der Waals surface area contributed by atoms with Gasteiger partial charge >= 0.3 is 5.97 Å². The molecule has 2 N–H and O–H groups in total. The van der Waals surface area contributed by atoms with E-state index in [1.807, 2.05) is 12.1 Å². The number of esters is 1. The van der Waals surface area contributed by atoms with Gasteiger partial charge in [0, 0.05) is 11.7 Å². The minimum Gasteiger partial charge on any atom is -0.495 e. The van der Waals surface area contributed by atoms with E-state index < -0.39 is 28.5 Å². The van der Waals surface area contributed by atoms with Crippen molar-refractivity contribution in [3.05, 3.63) is 53.6 Å². The highest BCUT2D eigenvalue weighted by molar-refractivity contribution is 7.89. The van der Waals surface area contributed by atoms with Crippen LogP contribution in [0.15, 0.2) is 47.4 Å². The molecular weight excluding hydrogens is 432 g/mol. The van der Waals surface area contributed by atoms with E-state index in [0.29, 0.717) is 5.69 Å². The Labute approximate surface area is 189 Å².